The second kappa shape index (κ2) is 5.63. The van der Waals surface area contributed by atoms with Gasteiger partial charge < -0.3 is 4.57 Å². The predicted octanol–water partition coefficient (Wildman–Crippen LogP) is 3.05. The van der Waals surface area contributed by atoms with E-state index in [1.807, 2.05) is 11.5 Å². The Bertz CT molecular complexity index is 845. The van der Waals surface area contributed by atoms with Crippen LogP contribution in [0.4, 0.5) is 10.1 Å². The van der Waals surface area contributed by atoms with Crippen molar-refractivity contribution in [2.24, 2.45) is 0 Å². The Hall–Kier alpha value is -1.89. The zero-order valence-electron chi connectivity index (χ0n) is 13.5. The number of halogens is 1. The van der Waals surface area contributed by atoms with Crippen molar-refractivity contribution in [1.82, 2.24) is 9.55 Å². The first kappa shape index (κ1) is 16.0. The molecule has 5 nitrogen and oxygen atoms in total. The molecule has 1 aromatic heterocycles. The number of hydrogen-bond acceptors (Lipinski definition) is 3. The van der Waals surface area contributed by atoms with E-state index < -0.39 is 15.8 Å². The van der Waals surface area contributed by atoms with E-state index in [0.717, 1.165) is 35.0 Å². The van der Waals surface area contributed by atoms with Crippen molar-refractivity contribution >= 4 is 15.7 Å². The summed E-state index contributed by atoms with van der Waals surface area (Å²) in [5.74, 6) is 0.216. The Morgan fingerprint density at radius 2 is 2.13 bits per heavy atom. The quantitative estimate of drug-likeness (QED) is 0.865. The highest BCUT2D eigenvalue weighted by Gasteiger charge is 2.29. The minimum absolute atomic E-state index is 0.0228. The van der Waals surface area contributed by atoms with Crippen LogP contribution in [0.3, 0.4) is 0 Å². The van der Waals surface area contributed by atoms with Crippen LogP contribution in [0.5, 0.6) is 0 Å². The van der Waals surface area contributed by atoms with Gasteiger partial charge in [-0.05, 0) is 44.4 Å². The summed E-state index contributed by atoms with van der Waals surface area (Å²) >= 11 is 0. The van der Waals surface area contributed by atoms with Crippen molar-refractivity contribution in [3.63, 3.8) is 0 Å². The number of rotatable bonds is 3. The lowest BCUT2D eigenvalue weighted by atomic mass is 10.1. The average molecular weight is 337 g/mol. The maximum Gasteiger partial charge on any atom is 0.283 e. The van der Waals surface area contributed by atoms with Gasteiger partial charge in [0.1, 0.15) is 11.6 Å². The lowest BCUT2D eigenvalue weighted by Gasteiger charge is -2.20. The van der Waals surface area contributed by atoms with Gasteiger partial charge in [0.05, 0.1) is 5.69 Å². The van der Waals surface area contributed by atoms with Crippen LogP contribution in [0, 0.1) is 12.7 Å². The van der Waals surface area contributed by atoms with E-state index in [9.17, 15) is 12.8 Å². The summed E-state index contributed by atoms with van der Waals surface area (Å²) in [6, 6.07) is 4.71. The Balaban J connectivity index is 2.01. The van der Waals surface area contributed by atoms with Gasteiger partial charge in [0.15, 0.2) is 5.03 Å². The van der Waals surface area contributed by atoms with E-state index in [0.29, 0.717) is 0 Å². The van der Waals surface area contributed by atoms with Gasteiger partial charge >= 0.3 is 0 Å². The molecule has 2 heterocycles. The number of hydrogen-bond donors (Lipinski definition) is 0. The van der Waals surface area contributed by atoms with E-state index in [1.54, 1.807) is 19.2 Å². The van der Waals surface area contributed by atoms with Crippen LogP contribution in [-0.2, 0) is 16.4 Å². The molecule has 1 aromatic carbocycles. The summed E-state index contributed by atoms with van der Waals surface area (Å²) < 4.78 is 42.5. The Morgan fingerprint density at radius 1 is 1.39 bits per heavy atom. The van der Waals surface area contributed by atoms with Gasteiger partial charge in [0.2, 0.25) is 0 Å². The fraction of sp³-hybridized carbons (Fsp3) is 0.438. The topological polar surface area (TPSA) is 55.2 Å². The number of anilines is 1. The highest BCUT2D eigenvalue weighted by Crippen LogP contribution is 2.29. The van der Waals surface area contributed by atoms with Gasteiger partial charge in [0.25, 0.3) is 10.0 Å². The molecule has 0 fully saturated rings. The number of fused-ring (bicyclic) bond motifs is 1. The van der Waals surface area contributed by atoms with Gasteiger partial charge in [-0.2, -0.15) is 8.42 Å². The van der Waals surface area contributed by atoms with Gasteiger partial charge in [-0.1, -0.05) is 6.07 Å². The number of sulfonamides is 1. The second-order valence-electron chi connectivity index (χ2n) is 6.07. The zero-order valence-corrected chi connectivity index (χ0v) is 14.3. The molecular weight excluding hydrogens is 317 g/mol. The van der Waals surface area contributed by atoms with E-state index in [-0.39, 0.29) is 16.8 Å². The van der Waals surface area contributed by atoms with Crippen LogP contribution in [0.2, 0.25) is 0 Å². The molecule has 0 radical (unpaired) electrons. The molecule has 0 aliphatic carbocycles. The standard InChI is InChI=1S/C16H20FN3O2S/c1-11-7-8-14(13(17)9-11)19(3)23(21,22)16-10-20-12(2)5-4-6-15(20)18-16/h7-10,12H,4-6H2,1-3H3. The van der Waals surface area contributed by atoms with Crippen LogP contribution in [0.25, 0.3) is 0 Å². The summed E-state index contributed by atoms with van der Waals surface area (Å²) in [4.78, 5) is 4.28. The molecule has 0 bridgehead atoms. The Morgan fingerprint density at radius 3 is 2.78 bits per heavy atom. The van der Waals surface area contributed by atoms with Crippen molar-refractivity contribution in [2.45, 2.75) is 44.2 Å². The molecule has 3 rings (SSSR count). The SMILES string of the molecule is Cc1ccc(N(C)S(=O)(=O)c2cn3c(n2)CCCC3C)c(F)c1. The first-order valence-corrected chi connectivity index (χ1v) is 9.07. The number of imidazole rings is 1. The van der Waals surface area contributed by atoms with Crippen molar-refractivity contribution < 1.29 is 12.8 Å². The zero-order chi connectivity index (χ0) is 16.8. The molecule has 124 valence electrons. The fourth-order valence-corrected chi connectivity index (χ4v) is 4.09. The summed E-state index contributed by atoms with van der Waals surface area (Å²) in [7, 11) is -2.53. The third-order valence-corrected chi connectivity index (χ3v) is 5.99. The minimum atomic E-state index is -3.88. The minimum Gasteiger partial charge on any atom is -0.331 e. The van der Waals surface area contributed by atoms with Crippen LogP contribution >= 0.6 is 0 Å². The van der Waals surface area contributed by atoms with Gasteiger partial charge in [0, 0.05) is 25.7 Å². The van der Waals surface area contributed by atoms with Crippen LogP contribution in [0.15, 0.2) is 29.4 Å². The van der Waals surface area contributed by atoms with E-state index >= 15 is 0 Å². The maximum atomic E-state index is 14.1. The molecule has 1 aliphatic heterocycles. The average Bonchev–Trinajstić information content (AvgIpc) is 2.93. The molecule has 23 heavy (non-hydrogen) atoms. The van der Waals surface area contributed by atoms with Gasteiger partial charge in [-0.3, -0.25) is 4.31 Å². The number of aryl methyl sites for hydroxylation is 2. The first-order chi connectivity index (χ1) is 10.8. The molecule has 1 unspecified atom stereocenters. The van der Waals surface area contributed by atoms with Crippen molar-refractivity contribution in [2.75, 3.05) is 11.4 Å². The molecule has 7 heteroatoms. The lowest BCUT2D eigenvalue weighted by molar-refractivity contribution is 0.425. The molecule has 0 amide bonds. The molecule has 2 aromatic rings. The van der Waals surface area contributed by atoms with Crippen LogP contribution in [0.1, 0.15) is 37.2 Å². The normalized spacial score (nSPS) is 17.8. The summed E-state index contributed by atoms with van der Waals surface area (Å²) in [5.41, 5.74) is 0.762. The van der Waals surface area contributed by atoms with E-state index in [4.69, 9.17) is 0 Å². The monoisotopic (exact) mass is 337 g/mol. The molecule has 0 saturated carbocycles. The summed E-state index contributed by atoms with van der Waals surface area (Å²) in [6.45, 7) is 3.80. The predicted molar refractivity (Wildman–Crippen MR) is 86.6 cm³/mol. The second-order valence-corrected chi connectivity index (χ2v) is 7.99. The summed E-state index contributed by atoms with van der Waals surface area (Å²) in [5, 5.41) is -0.0243. The highest BCUT2D eigenvalue weighted by molar-refractivity contribution is 7.92. The van der Waals surface area contributed by atoms with E-state index in [2.05, 4.69) is 4.98 Å². The van der Waals surface area contributed by atoms with E-state index in [1.165, 1.54) is 19.2 Å². The Kier molecular flexibility index (Phi) is 3.91. The first-order valence-electron chi connectivity index (χ1n) is 7.63. The lowest BCUT2D eigenvalue weighted by Crippen LogP contribution is -2.27. The summed E-state index contributed by atoms with van der Waals surface area (Å²) in [6.07, 6.45) is 4.34. The van der Waals surface area contributed by atoms with Gasteiger partial charge in [-0.25, -0.2) is 9.37 Å². The number of benzene rings is 1. The largest absolute Gasteiger partial charge is 0.331 e. The van der Waals surface area contributed by atoms with Crippen LogP contribution in [-0.4, -0.2) is 25.0 Å². The number of aromatic nitrogens is 2. The molecule has 0 spiro atoms. The number of nitrogens with zero attached hydrogens (tertiary/aromatic N) is 3. The smallest absolute Gasteiger partial charge is 0.283 e. The van der Waals surface area contributed by atoms with Crippen LogP contribution < -0.4 is 4.31 Å². The van der Waals surface area contributed by atoms with Crippen molar-refractivity contribution in [3.8, 4) is 0 Å². The van der Waals surface area contributed by atoms with Crippen molar-refractivity contribution in [1.29, 1.82) is 0 Å². The van der Waals surface area contributed by atoms with Gasteiger partial charge in [-0.15, -0.1) is 0 Å². The highest BCUT2D eigenvalue weighted by atomic mass is 32.2. The molecular formula is C16H20FN3O2S. The Labute approximate surface area is 135 Å². The fourth-order valence-electron chi connectivity index (χ4n) is 2.93. The maximum absolute atomic E-state index is 14.1. The molecule has 0 saturated heterocycles. The molecule has 1 atom stereocenters. The third-order valence-electron chi connectivity index (χ3n) is 4.35. The van der Waals surface area contributed by atoms with Crippen molar-refractivity contribution in [3.05, 3.63) is 41.6 Å². The molecule has 0 N–H and O–H groups in total. The molecule has 1 aliphatic rings. The third kappa shape index (κ3) is 2.73.